The lowest BCUT2D eigenvalue weighted by Crippen LogP contribution is -2.61. The first-order valence-electron chi connectivity index (χ1n) is 8.93. The third-order valence-corrected chi connectivity index (χ3v) is 6.98. The van der Waals surface area contributed by atoms with Gasteiger partial charge in [-0.15, -0.1) is 0 Å². The van der Waals surface area contributed by atoms with E-state index in [1.54, 1.807) is 4.90 Å². The van der Waals surface area contributed by atoms with E-state index in [9.17, 15) is 13.2 Å². The average molecular weight is 365 g/mol. The van der Waals surface area contributed by atoms with Crippen molar-refractivity contribution in [3.8, 4) is 0 Å². The van der Waals surface area contributed by atoms with Crippen LogP contribution in [0.1, 0.15) is 32.3 Å². The molecule has 3 rings (SSSR count). The standard InChI is InChI=1S/C18H27N3O3S/c1-4-20-9-10-21(17-12-25(23,24)11-16(17)20)18(22)19-15-8-6-5-7-14(15)13(2)3/h5-8,13,16-17H,4,9-12H2,1-3H3,(H,19,22). The molecule has 0 aromatic heterocycles. The van der Waals surface area contributed by atoms with Gasteiger partial charge >= 0.3 is 6.03 Å². The highest BCUT2D eigenvalue weighted by Gasteiger charge is 2.47. The van der Waals surface area contributed by atoms with Crippen molar-refractivity contribution in [2.75, 3.05) is 36.5 Å². The molecule has 0 saturated carbocycles. The number of fused-ring (bicyclic) bond motifs is 1. The number of nitrogens with one attached hydrogen (secondary N) is 1. The van der Waals surface area contributed by atoms with E-state index in [0.29, 0.717) is 19.0 Å². The molecule has 1 aromatic carbocycles. The van der Waals surface area contributed by atoms with Gasteiger partial charge in [-0.1, -0.05) is 39.0 Å². The number of hydrogen-bond acceptors (Lipinski definition) is 4. The predicted molar refractivity (Wildman–Crippen MR) is 99.7 cm³/mol. The molecule has 7 heteroatoms. The number of benzene rings is 1. The molecule has 2 aliphatic heterocycles. The number of para-hydroxylation sites is 1. The quantitative estimate of drug-likeness (QED) is 0.891. The molecule has 2 aliphatic rings. The minimum absolute atomic E-state index is 0.0629. The van der Waals surface area contributed by atoms with E-state index >= 15 is 0 Å². The van der Waals surface area contributed by atoms with Gasteiger partial charge in [0.05, 0.1) is 17.5 Å². The summed E-state index contributed by atoms with van der Waals surface area (Å²) in [6.07, 6.45) is 0. The Bertz CT molecular complexity index is 748. The van der Waals surface area contributed by atoms with Gasteiger partial charge in [0.2, 0.25) is 0 Å². The van der Waals surface area contributed by atoms with E-state index in [0.717, 1.165) is 17.8 Å². The fourth-order valence-corrected chi connectivity index (χ4v) is 5.98. The molecule has 2 fully saturated rings. The van der Waals surface area contributed by atoms with Gasteiger partial charge in [0.15, 0.2) is 9.84 Å². The van der Waals surface area contributed by atoms with Crippen LogP contribution in [0.3, 0.4) is 0 Å². The normalized spacial score (nSPS) is 25.8. The molecule has 0 aliphatic carbocycles. The second-order valence-electron chi connectivity index (χ2n) is 7.21. The maximum Gasteiger partial charge on any atom is 0.322 e. The number of nitrogens with zero attached hydrogens (tertiary/aromatic N) is 2. The van der Waals surface area contributed by atoms with E-state index < -0.39 is 9.84 Å². The van der Waals surface area contributed by atoms with Gasteiger partial charge in [0, 0.05) is 24.8 Å². The molecule has 1 aromatic rings. The zero-order valence-corrected chi connectivity index (χ0v) is 15.9. The van der Waals surface area contributed by atoms with Crippen LogP contribution in [-0.4, -0.2) is 67.5 Å². The van der Waals surface area contributed by atoms with Crippen LogP contribution >= 0.6 is 0 Å². The number of amides is 2. The van der Waals surface area contributed by atoms with Crippen LogP contribution in [-0.2, 0) is 9.84 Å². The maximum atomic E-state index is 12.9. The molecule has 2 saturated heterocycles. The van der Waals surface area contributed by atoms with Crippen molar-refractivity contribution in [2.45, 2.75) is 38.8 Å². The molecule has 2 atom stereocenters. The summed E-state index contributed by atoms with van der Waals surface area (Å²) in [4.78, 5) is 16.8. The fraction of sp³-hybridized carbons (Fsp3) is 0.611. The topological polar surface area (TPSA) is 69.7 Å². The van der Waals surface area contributed by atoms with Gasteiger partial charge in [-0.05, 0) is 24.1 Å². The lowest BCUT2D eigenvalue weighted by atomic mass is 10.0. The average Bonchev–Trinajstić information content (AvgIpc) is 2.88. The molecule has 0 radical (unpaired) electrons. The number of anilines is 1. The highest BCUT2D eigenvalue weighted by atomic mass is 32.2. The minimum Gasteiger partial charge on any atom is -0.318 e. The molecule has 25 heavy (non-hydrogen) atoms. The molecular formula is C18H27N3O3S. The maximum absolute atomic E-state index is 12.9. The van der Waals surface area contributed by atoms with Gasteiger partial charge in [-0.2, -0.15) is 0 Å². The Morgan fingerprint density at radius 2 is 1.88 bits per heavy atom. The summed E-state index contributed by atoms with van der Waals surface area (Å²) in [5, 5.41) is 3.01. The van der Waals surface area contributed by atoms with Crippen molar-refractivity contribution < 1.29 is 13.2 Å². The van der Waals surface area contributed by atoms with Crippen molar-refractivity contribution >= 4 is 21.6 Å². The number of rotatable bonds is 3. The van der Waals surface area contributed by atoms with E-state index in [2.05, 4.69) is 24.1 Å². The van der Waals surface area contributed by atoms with Gasteiger partial charge in [0.25, 0.3) is 0 Å². The molecule has 2 unspecified atom stereocenters. The largest absolute Gasteiger partial charge is 0.322 e. The van der Waals surface area contributed by atoms with Crippen LogP contribution in [0.25, 0.3) is 0 Å². The highest BCUT2D eigenvalue weighted by Crippen LogP contribution is 2.29. The number of hydrogen-bond donors (Lipinski definition) is 1. The van der Waals surface area contributed by atoms with Crippen molar-refractivity contribution in [3.63, 3.8) is 0 Å². The zero-order valence-electron chi connectivity index (χ0n) is 15.1. The molecule has 1 N–H and O–H groups in total. The van der Waals surface area contributed by atoms with Crippen LogP contribution in [0, 0.1) is 0 Å². The number of sulfone groups is 1. The Labute approximate surface area is 150 Å². The zero-order chi connectivity index (χ0) is 18.2. The molecule has 0 spiro atoms. The van der Waals surface area contributed by atoms with Gasteiger partial charge in [-0.3, -0.25) is 4.90 Å². The van der Waals surface area contributed by atoms with Gasteiger partial charge < -0.3 is 10.2 Å². The first-order chi connectivity index (χ1) is 11.8. The lowest BCUT2D eigenvalue weighted by molar-refractivity contribution is 0.0744. The highest BCUT2D eigenvalue weighted by molar-refractivity contribution is 7.91. The summed E-state index contributed by atoms with van der Waals surface area (Å²) in [7, 11) is -3.10. The lowest BCUT2D eigenvalue weighted by Gasteiger charge is -2.43. The Balaban J connectivity index is 1.81. The molecule has 2 amide bonds. The Hall–Kier alpha value is -1.60. The Morgan fingerprint density at radius 3 is 2.56 bits per heavy atom. The van der Waals surface area contributed by atoms with Gasteiger partial charge in [0.1, 0.15) is 0 Å². The number of likely N-dealkylation sites (N-methyl/N-ethyl adjacent to an activating group) is 1. The van der Waals surface area contributed by atoms with Crippen LogP contribution in [0.4, 0.5) is 10.5 Å². The van der Waals surface area contributed by atoms with E-state index in [1.807, 2.05) is 31.2 Å². The van der Waals surface area contributed by atoms with E-state index in [4.69, 9.17) is 0 Å². The van der Waals surface area contributed by atoms with Crippen molar-refractivity contribution in [1.29, 1.82) is 0 Å². The summed E-state index contributed by atoms with van der Waals surface area (Å²) in [5.41, 5.74) is 1.89. The summed E-state index contributed by atoms with van der Waals surface area (Å²) in [5.74, 6) is 0.513. The smallest absolute Gasteiger partial charge is 0.318 e. The second kappa shape index (κ2) is 6.96. The first kappa shape index (κ1) is 18.2. The first-order valence-corrected chi connectivity index (χ1v) is 10.8. The predicted octanol–water partition coefficient (Wildman–Crippen LogP) is 2.14. The summed E-state index contributed by atoms with van der Waals surface area (Å²) < 4.78 is 24.3. The third-order valence-electron chi connectivity index (χ3n) is 5.28. The molecular weight excluding hydrogens is 338 g/mol. The summed E-state index contributed by atoms with van der Waals surface area (Å²) >= 11 is 0. The van der Waals surface area contributed by atoms with E-state index in [1.165, 1.54) is 0 Å². The van der Waals surface area contributed by atoms with Crippen molar-refractivity contribution in [2.24, 2.45) is 0 Å². The van der Waals surface area contributed by atoms with Gasteiger partial charge in [-0.25, -0.2) is 13.2 Å². The number of carbonyl (C=O) groups excluding carboxylic acids is 1. The Morgan fingerprint density at radius 1 is 1.20 bits per heavy atom. The number of urea groups is 1. The second-order valence-corrected chi connectivity index (χ2v) is 9.36. The van der Waals surface area contributed by atoms with Crippen LogP contribution in [0.15, 0.2) is 24.3 Å². The van der Waals surface area contributed by atoms with Crippen LogP contribution in [0.5, 0.6) is 0 Å². The van der Waals surface area contributed by atoms with E-state index in [-0.39, 0.29) is 29.6 Å². The molecule has 2 heterocycles. The van der Waals surface area contributed by atoms with Crippen LogP contribution in [0.2, 0.25) is 0 Å². The van der Waals surface area contributed by atoms with Crippen LogP contribution < -0.4 is 5.32 Å². The summed E-state index contributed by atoms with van der Waals surface area (Å²) in [6.45, 7) is 8.29. The molecule has 0 bridgehead atoms. The number of carbonyl (C=O) groups is 1. The fourth-order valence-electron chi connectivity index (χ4n) is 3.97. The van der Waals surface area contributed by atoms with Crippen molar-refractivity contribution in [1.82, 2.24) is 9.80 Å². The number of piperazine rings is 1. The monoisotopic (exact) mass is 365 g/mol. The third kappa shape index (κ3) is 3.67. The Kier molecular flexibility index (Phi) is 5.06. The SMILES string of the molecule is CCN1CCN(C(=O)Nc2ccccc2C(C)C)C2CS(=O)(=O)CC21. The van der Waals surface area contributed by atoms with Crippen molar-refractivity contribution in [3.05, 3.63) is 29.8 Å². The summed E-state index contributed by atoms with van der Waals surface area (Å²) in [6, 6.07) is 7.23. The molecule has 138 valence electrons. The molecule has 6 nitrogen and oxygen atoms in total. The minimum atomic E-state index is -3.10.